The highest BCUT2D eigenvalue weighted by molar-refractivity contribution is 7.94. The molecule has 1 amide bonds. The van der Waals surface area contributed by atoms with E-state index in [2.05, 4.69) is 17.1 Å². The lowest BCUT2D eigenvalue weighted by Crippen LogP contribution is -2.43. The molecule has 170 valence electrons. The van der Waals surface area contributed by atoms with E-state index in [-0.39, 0.29) is 9.90 Å². The molecule has 1 atom stereocenters. The van der Waals surface area contributed by atoms with Gasteiger partial charge < -0.3 is 10.2 Å². The molecular weight excluding hydrogens is 437 g/mol. The summed E-state index contributed by atoms with van der Waals surface area (Å²) in [5.74, 6) is -1.14. The molecule has 6 nitrogen and oxygen atoms in total. The average Bonchev–Trinajstić information content (AvgIpc) is 3.32. The highest BCUT2D eigenvalue weighted by Gasteiger charge is 2.29. The number of para-hydroxylation sites is 1. The Morgan fingerprint density at radius 2 is 2.06 bits per heavy atom. The van der Waals surface area contributed by atoms with Crippen molar-refractivity contribution < 1.29 is 17.6 Å². The minimum atomic E-state index is -4.04. The molecule has 9 heteroatoms. The zero-order valence-corrected chi connectivity index (χ0v) is 19.4. The van der Waals surface area contributed by atoms with Gasteiger partial charge in [0.15, 0.2) is 0 Å². The lowest BCUT2D eigenvalue weighted by atomic mass is 10.00. The number of amides is 1. The van der Waals surface area contributed by atoms with Gasteiger partial charge in [-0.25, -0.2) is 12.8 Å². The number of benzene rings is 1. The van der Waals surface area contributed by atoms with Crippen molar-refractivity contribution in [3.63, 3.8) is 0 Å². The van der Waals surface area contributed by atoms with Crippen LogP contribution in [-0.4, -0.2) is 51.4 Å². The van der Waals surface area contributed by atoms with Crippen molar-refractivity contribution in [2.24, 2.45) is 0 Å². The minimum absolute atomic E-state index is 0.0688. The van der Waals surface area contributed by atoms with E-state index in [4.69, 9.17) is 0 Å². The van der Waals surface area contributed by atoms with Crippen LogP contribution in [0.25, 0.3) is 0 Å². The Balaban J connectivity index is 1.62. The van der Waals surface area contributed by atoms with Gasteiger partial charge in [-0.05, 0) is 55.8 Å². The quantitative estimate of drug-likeness (QED) is 0.539. The van der Waals surface area contributed by atoms with Crippen LogP contribution in [0.5, 0.6) is 0 Å². The molecule has 0 spiro atoms. The van der Waals surface area contributed by atoms with Gasteiger partial charge in [-0.3, -0.25) is 9.10 Å². The van der Waals surface area contributed by atoms with Crippen LogP contribution in [0.15, 0.2) is 46.0 Å². The van der Waals surface area contributed by atoms with Crippen LogP contribution in [0, 0.1) is 5.82 Å². The Morgan fingerprint density at radius 1 is 1.26 bits per heavy atom. The lowest BCUT2D eigenvalue weighted by molar-refractivity contribution is -0.119. The van der Waals surface area contributed by atoms with E-state index >= 15 is 0 Å². The fourth-order valence-electron chi connectivity index (χ4n) is 3.99. The number of sulfonamides is 1. The number of rotatable bonds is 10. The van der Waals surface area contributed by atoms with Gasteiger partial charge in [-0.1, -0.05) is 31.5 Å². The van der Waals surface area contributed by atoms with E-state index in [9.17, 15) is 17.6 Å². The van der Waals surface area contributed by atoms with E-state index in [0.29, 0.717) is 12.6 Å². The number of carbonyl (C=O) groups excluding carboxylic acids is 1. The lowest BCUT2D eigenvalue weighted by Gasteiger charge is -2.35. The Bertz CT molecular complexity index is 951. The highest BCUT2D eigenvalue weighted by atomic mass is 32.2. The number of nitrogens with one attached hydrogen (secondary N) is 1. The van der Waals surface area contributed by atoms with Gasteiger partial charge in [0, 0.05) is 19.1 Å². The van der Waals surface area contributed by atoms with Crippen molar-refractivity contribution in [2.45, 2.75) is 49.3 Å². The third kappa shape index (κ3) is 6.05. The summed E-state index contributed by atoms with van der Waals surface area (Å²) in [6, 6.07) is 9.27. The smallest absolute Gasteiger partial charge is 0.274 e. The van der Waals surface area contributed by atoms with Crippen LogP contribution in [0.3, 0.4) is 0 Å². The normalized spacial score (nSPS) is 17.4. The molecule has 1 N–H and O–H groups in total. The second kappa shape index (κ2) is 11.1. The molecule has 1 fully saturated rings. The number of hydrogen-bond acceptors (Lipinski definition) is 5. The largest absolute Gasteiger partial charge is 0.354 e. The molecule has 2 aromatic rings. The summed E-state index contributed by atoms with van der Waals surface area (Å²) in [6.45, 7) is 4.18. The molecule has 1 aromatic heterocycles. The molecule has 3 rings (SSSR count). The van der Waals surface area contributed by atoms with Crippen molar-refractivity contribution in [1.82, 2.24) is 10.2 Å². The van der Waals surface area contributed by atoms with Crippen LogP contribution in [0.1, 0.15) is 39.0 Å². The monoisotopic (exact) mass is 467 g/mol. The Morgan fingerprint density at radius 3 is 2.77 bits per heavy atom. The summed E-state index contributed by atoms with van der Waals surface area (Å²) in [4.78, 5) is 15.1. The third-order valence-electron chi connectivity index (χ3n) is 5.61. The first-order chi connectivity index (χ1) is 14.9. The number of likely N-dealkylation sites (tertiary alicyclic amines) is 1. The maximum absolute atomic E-state index is 14.4. The number of hydrogen-bond donors (Lipinski definition) is 1. The number of halogens is 1. The Hall–Kier alpha value is -1.97. The second-order valence-corrected chi connectivity index (χ2v) is 10.7. The van der Waals surface area contributed by atoms with Crippen LogP contribution in [0.2, 0.25) is 0 Å². The number of thiophene rings is 1. The summed E-state index contributed by atoms with van der Waals surface area (Å²) < 4.78 is 41.5. The average molecular weight is 468 g/mol. The molecule has 1 saturated heterocycles. The first kappa shape index (κ1) is 23.7. The maximum Gasteiger partial charge on any atom is 0.274 e. The van der Waals surface area contributed by atoms with Crippen LogP contribution >= 0.6 is 11.3 Å². The molecule has 1 aliphatic rings. The fourth-order valence-corrected chi connectivity index (χ4v) is 6.52. The molecule has 0 radical (unpaired) electrons. The van der Waals surface area contributed by atoms with Crippen LogP contribution < -0.4 is 9.62 Å². The van der Waals surface area contributed by atoms with Crippen molar-refractivity contribution >= 4 is 33.0 Å². The highest BCUT2D eigenvalue weighted by Crippen LogP contribution is 2.28. The van der Waals surface area contributed by atoms with Crippen LogP contribution in [-0.2, 0) is 14.8 Å². The van der Waals surface area contributed by atoms with Crippen molar-refractivity contribution in [2.75, 3.05) is 30.5 Å². The predicted octanol–water partition coefficient (Wildman–Crippen LogP) is 3.85. The number of carbonyl (C=O) groups is 1. The van der Waals surface area contributed by atoms with Gasteiger partial charge in [-0.15, -0.1) is 11.3 Å². The molecule has 0 bridgehead atoms. The summed E-state index contributed by atoms with van der Waals surface area (Å²) >= 11 is 1.04. The van der Waals surface area contributed by atoms with E-state index in [1.807, 2.05) is 0 Å². The Kier molecular flexibility index (Phi) is 8.45. The molecule has 1 aliphatic heterocycles. The predicted molar refractivity (Wildman–Crippen MR) is 122 cm³/mol. The van der Waals surface area contributed by atoms with Gasteiger partial charge in [0.2, 0.25) is 5.91 Å². The molecular formula is C22H30FN3O3S2. The molecule has 2 heterocycles. The zero-order valence-electron chi connectivity index (χ0n) is 17.8. The topological polar surface area (TPSA) is 69.7 Å². The number of anilines is 1. The molecule has 0 saturated carbocycles. The van der Waals surface area contributed by atoms with Gasteiger partial charge in [-0.2, -0.15) is 0 Å². The molecule has 1 aromatic carbocycles. The van der Waals surface area contributed by atoms with Gasteiger partial charge in [0.25, 0.3) is 10.0 Å². The minimum Gasteiger partial charge on any atom is -0.354 e. The molecule has 0 aliphatic carbocycles. The van der Waals surface area contributed by atoms with Gasteiger partial charge in [0.05, 0.1) is 5.69 Å². The van der Waals surface area contributed by atoms with Crippen LogP contribution in [0.4, 0.5) is 10.1 Å². The van der Waals surface area contributed by atoms with Gasteiger partial charge in [0.1, 0.15) is 16.6 Å². The zero-order chi connectivity index (χ0) is 22.3. The van der Waals surface area contributed by atoms with E-state index in [0.717, 1.165) is 41.6 Å². The maximum atomic E-state index is 14.4. The van der Waals surface area contributed by atoms with E-state index in [1.165, 1.54) is 43.5 Å². The molecule has 1 unspecified atom stereocenters. The summed E-state index contributed by atoms with van der Waals surface area (Å²) in [5.41, 5.74) is -0.134. The summed E-state index contributed by atoms with van der Waals surface area (Å²) in [5, 5.41) is 4.44. The fraction of sp³-hybridized carbons (Fsp3) is 0.500. The van der Waals surface area contributed by atoms with Crippen molar-refractivity contribution in [1.29, 1.82) is 0 Å². The third-order valence-corrected chi connectivity index (χ3v) is 8.75. The molecule has 31 heavy (non-hydrogen) atoms. The van der Waals surface area contributed by atoms with E-state index in [1.54, 1.807) is 17.5 Å². The van der Waals surface area contributed by atoms with E-state index < -0.39 is 28.3 Å². The second-order valence-electron chi connectivity index (χ2n) is 7.69. The van der Waals surface area contributed by atoms with Crippen molar-refractivity contribution in [3.05, 3.63) is 47.6 Å². The summed E-state index contributed by atoms with van der Waals surface area (Å²) in [7, 11) is -4.04. The standard InChI is InChI=1S/C22H30FN3O3S2/c1-2-18-9-5-6-14-25(18)15-8-13-24-21(27)17-26(20-11-4-3-10-19(20)23)31(28,29)22-12-7-16-30-22/h3-4,7,10-12,16,18H,2,5-6,8-9,13-15,17H2,1H3,(H,24,27). The Labute approximate surface area is 188 Å². The number of nitrogens with zero attached hydrogens (tertiary/aromatic N) is 2. The SMILES string of the molecule is CCC1CCCCN1CCCNC(=O)CN(c1ccccc1F)S(=O)(=O)c1cccs1. The number of piperidine rings is 1. The van der Waals surface area contributed by atoms with Crippen molar-refractivity contribution in [3.8, 4) is 0 Å². The first-order valence-corrected chi connectivity index (χ1v) is 13.1. The van der Waals surface area contributed by atoms with Gasteiger partial charge >= 0.3 is 0 Å². The first-order valence-electron chi connectivity index (χ1n) is 10.7. The summed E-state index contributed by atoms with van der Waals surface area (Å²) in [6.07, 6.45) is 5.63.